The zero-order valence-corrected chi connectivity index (χ0v) is 16.7. The summed E-state index contributed by atoms with van der Waals surface area (Å²) >= 11 is 1.25. The SMILES string of the molecule is CC(=O)Nc1cccc(-n2cnnc2SCC(=O)NC(C)c2ccc(F)cc2)c1. The second-order valence-corrected chi connectivity index (χ2v) is 7.29. The zero-order valence-electron chi connectivity index (χ0n) is 15.9. The van der Waals surface area contributed by atoms with Crippen LogP contribution in [0.4, 0.5) is 10.1 Å². The van der Waals surface area contributed by atoms with Gasteiger partial charge in [-0.05, 0) is 42.8 Å². The molecule has 0 saturated carbocycles. The lowest BCUT2D eigenvalue weighted by molar-refractivity contribution is -0.119. The van der Waals surface area contributed by atoms with Crippen LogP contribution in [-0.2, 0) is 9.59 Å². The van der Waals surface area contributed by atoms with Gasteiger partial charge in [-0.25, -0.2) is 4.39 Å². The quantitative estimate of drug-likeness (QED) is 0.580. The first kappa shape index (κ1) is 20.5. The first-order chi connectivity index (χ1) is 13.9. The molecule has 29 heavy (non-hydrogen) atoms. The second-order valence-electron chi connectivity index (χ2n) is 6.34. The molecule has 0 radical (unpaired) electrons. The van der Waals surface area contributed by atoms with Crippen LogP contribution < -0.4 is 10.6 Å². The summed E-state index contributed by atoms with van der Waals surface area (Å²) in [6, 6.07) is 13.0. The molecule has 1 heterocycles. The number of nitrogens with one attached hydrogen (secondary N) is 2. The number of halogens is 1. The van der Waals surface area contributed by atoms with Crippen LogP contribution in [0.2, 0.25) is 0 Å². The summed E-state index contributed by atoms with van der Waals surface area (Å²) in [6.45, 7) is 3.28. The van der Waals surface area contributed by atoms with Crippen molar-refractivity contribution in [3.8, 4) is 5.69 Å². The van der Waals surface area contributed by atoms with Gasteiger partial charge in [0.2, 0.25) is 11.8 Å². The average Bonchev–Trinajstić information content (AvgIpc) is 3.15. The Kier molecular flexibility index (Phi) is 6.61. The Labute approximate surface area is 171 Å². The van der Waals surface area contributed by atoms with Crippen molar-refractivity contribution in [3.63, 3.8) is 0 Å². The van der Waals surface area contributed by atoms with Gasteiger partial charge in [0.25, 0.3) is 0 Å². The Bertz CT molecular complexity index is 1010. The maximum atomic E-state index is 13.0. The summed E-state index contributed by atoms with van der Waals surface area (Å²) in [4.78, 5) is 23.6. The van der Waals surface area contributed by atoms with E-state index >= 15 is 0 Å². The minimum atomic E-state index is -0.315. The number of hydrogen-bond acceptors (Lipinski definition) is 5. The lowest BCUT2D eigenvalue weighted by Crippen LogP contribution is -2.28. The molecular formula is C20H20FN5O2S. The zero-order chi connectivity index (χ0) is 20.8. The van der Waals surface area contributed by atoms with Crippen molar-refractivity contribution in [2.75, 3.05) is 11.1 Å². The number of carbonyl (C=O) groups is 2. The van der Waals surface area contributed by atoms with Crippen LogP contribution in [0.3, 0.4) is 0 Å². The lowest BCUT2D eigenvalue weighted by atomic mass is 10.1. The highest BCUT2D eigenvalue weighted by Gasteiger charge is 2.13. The van der Waals surface area contributed by atoms with Gasteiger partial charge in [-0.15, -0.1) is 10.2 Å². The molecule has 2 aromatic carbocycles. The summed E-state index contributed by atoms with van der Waals surface area (Å²) in [6.07, 6.45) is 1.55. The molecule has 0 aliphatic carbocycles. The largest absolute Gasteiger partial charge is 0.349 e. The molecule has 0 saturated heterocycles. The fraction of sp³-hybridized carbons (Fsp3) is 0.200. The van der Waals surface area contributed by atoms with Gasteiger partial charge in [0.05, 0.1) is 17.5 Å². The van der Waals surface area contributed by atoms with Crippen molar-refractivity contribution >= 4 is 29.3 Å². The highest BCUT2D eigenvalue weighted by atomic mass is 32.2. The third kappa shape index (κ3) is 5.64. The van der Waals surface area contributed by atoms with Crippen LogP contribution >= 0.6 is 11.8 Å². The fourth-order valence-electron chi connectivity index (χ4n) is 2.68. The number of amides is 2. The number of anilines is 1. The molecule has 3 rings (SSSR count). The molecule has 0 aliphatic rings. The highest BCUT2D eigenvalue weighted by molar-refractivity contribution is 7.99. The van der Waals surface area contributed by atoms with Gasteiger partial charge in [-0.1, -0.05) is 30.0 Å². The summed E-state index contributed by atoms with van der Waals surface area (Å²) < 4.78 is 14.8. The van der Waals surface area contributed by atoms with E-state index in [9.17, 15) is 14.0 Å². The summed E-state index contributed by atoms with van der Waals surface area (Å²) in [5, 5.41) is 14.2. The smallest absolute Gasteiger partial charge is 0.230 e. The van der Waals surface area contributed by atoms with Gasteiger partial charge in [-0.3, -0.25) is 14.2 Å². The molecular weight excluding hydrogens is 393 g/mol. The van der Waals surface area contributed by atoms with E-state index in [2.05, 4.69) is 20.8 Å². The molecule has 0 fully saturated rings. The van der Waals surface area contributed by atoms with E-state index in [1.165, 1.54) is 30.8 Å². The van der Waals surface area contributed by atoms with Crippen molar-refractivity contribution in [2.24, 2.45) is 0 Å². The van der Waals surface area contributed by atoms with Crippen LogP contribution in [0.1, 0.15) is 25.5 Å². The molecule has 1 aromatic heterocycles. The minimum absolute atomic E-state index is 0.148. The van der Waals surface area contributed by atoms with Gasteiger partial charge in [0, 0.05) is 12.6 Å². The van der Waals surface area contributed by atoms with Gasteiger partial charge in [0.1, 0.15) is 12.1 Å². The molecule has 9 heteroatoms. The van der Waals surface area contributed by atoms with E-state index in [0.29, 0.717) is 10.8 Å². The Balaban J connectivity index is 1.62. The molecule has 1 atom stereocenters. The monoisotopic (exact) mass is 413 g/mol. The van der Waals surface area contributed by atoms with E-state index in [0.717, 1.165) is 11.3 Å². The van der Waals surface area contributed by atoms with Crippen LogP contribution in [0.5, 0.6) is 0 Å². The Morgan fingerprint density at radius 3 is 2.69 bits per heavy atom. The number of aromatic nitrogens is 3. The van der Waals surface area contributed by atoms with Crippen LogP contribution in [-0.4, -0.2) is 32.3 Å². The molecule has 7 nitrogen and oxygen atoms in total. The number of benzene rings is 2. The van der Waals surface area contributed by atoms with Gasteiger partial charge in [-0.2, -0.15) is 0 Å². The third-order valence-corrected chi connectivity index (χ3v) is 4.98. The van der Waals surface area contributed by atoms with Gasteiger partial charge < -0.3 is 10.6 Å². The third-order valence-electron chi connectivity index (χ3n) is 4.04. The molecule has 2 N–H and O–H groups in total. The molecule has 2 amide bonds. The van der Waals surface area contributed by atoms with E-state index in [1.807, 2.05) is 19.1 Å². The molecule has 0 aliphatic heterocycles. The van der Waals surface area contributed by atoms with Crippen molar-refractivity contribution in [1.82, 2.24) is 20.1 Å². The van der Waals surface area contributed by atoms with Gasteiger partial charge >= 0.3 is 0 Å². The number of carbonyl (C=O) groups excluding carboxylic acids is 2. The lowest BCUT2D eigenvalue weighted by Gasteiger charge is -2.14. The van der Waals surface area contributed by atoms with Crippen molar-refractivity contribution in [3.05, 3.63) is 66.2 Å². The number of rotatable bonds is 7. The molecule has 3 aromatic rings. The minimum Gasteiger partial charge on any atom is -0.349 e. The number of thioether (sulfide) groups is 1. The Morgan fingerprint density at radius 2 is 1.97 bits per heavy atom. The fourth-order valence-corrected chi connectivity index (χ4v) is 3.42. The Morgan fingerprint density at radius 1 is 1.21 bits per heavy atom. The van der Waals surface area contributed by atoms with Crippen molar-refractivity contribution < 1.29 is 14.0 Å². The first-order valence-electron chi connectivity index (χ1n) is 8.88. The summed E-state index contributed by atoms with van der Waals surface area (Å²) in [5.41, 5.74) is 2.25. The molecule has 1 unspecified atom stereocenters. The molecule has 0 bridgehead atoms. The van der Waals surface area contributed by atoms with E-state index in [4.69, 9.17) is 0 Å². The topological polar surface area (TPSA) is 88.9 Å². The summed E-state index contributed by atoms with van der Waals surface area (Å²) in [7, 11) is 0. The van der Waals surface area contributed by atoms with Crippen LogP contribution in [0.25, 0.3) is 5.69 Å². The number of nitrogens with zero attached hydrogens (tertiary/aromatic N) is 3. The van der Waals surface area contributed by atoms with Gasteiger partial charge in [0.15, 0.2) is 5.16 Å². The molecule has 150 valence electrons. The first-order valence-corrected chi connectivity index (χ1v) is 9.86. The normalized spacial score (nSPS) is 11.7. The predicted molar refractivity (Wildman–Crippen MR) is 109 cm³/mol. The predicted octanol–water partition coefficient (Wildman–Crippen LogP) is 3.33. The average molecular weight is 413 g/mol. The van der Waals surface area contributed by atoms with Crippen LogP contribution in [0.15, 0.2) is 60.0 Å². The highest BCUT2D eigenvalue weighted by Crippen LogP contribution is 2.22. The Hall–Kier alpha value is -3.20. The summed E-state index contributed by atoms with van der Waals surface area (Å²) in [5.74, 6) is -0.499. The number of hydrogen-bond donors (Lipinski definition) is 2. The molecule has 0 spiro atoms. The van der Waals surface area contributed by atoms with E-state index in [-0.39, 0.29) is 29.4 Å². The van der Waals surface area contributed by atoms with Crippen LogP contribution in [0, 0.1) is 5.82 Å². The second kappa shape index (κ2) is 9.33. The van der Waals surface area contributed by atoms with E-state index < -0.39 is 0 Å². The maximum absolute atomic E-state index is 13.0. The van der Waals surface area contributed by atoms with Crippen molar-refractivity contribution in [1.29, 1.82) is 0 Å². The maximum Gasteiger partial charge on any atom is 0.230 e. The van der Waals surface area contributed by atoms with E-state index in [1.54, 1.807) is 35.2 Å². The standard InChI is InChI=1S/C20H20FN5O2S/c1-13(15-6-8-16(21)9-7-15)23-19(28)11-29-20-25-22-12-26(20)18-5-3-4-17(10-18)24-14(2)27/h3-10,12-13H,11H2,1-2H3,(H,23,28)(H,24,27). The van der Waals surface area contributed by atoms with Crippen molar-refractivity contribution in [2.45, 2.75) is 25.0 Å².